The summed E-state index contributed by atoms with van der Waals surface area (Å²) in [6.07, 6.45) is -3.62. The molecule has 0 unspecified atom stereocenters. The maximum absolute atomic E-state index is 12.6. The second-order valence-corrected chi connectivity index (χ2v) is 4.23. The Kier molecular flexibility index (Phi) is 5.32. The molecule has 0 saturated carbocycles. The number of rotatable bonds is 6. The lowest BCUT2D eigenvalue weighted by Crippen LogP contribution is -2.34. The summed E-state index contributed by atoms with van der Waals surface area (Å²) in [6, 6.07) is 4.72. The van der Waals surface area contributed by atoms with E-state index in [0.29, 0.717) is 36.7 Å². The van der Waals surface area contributed by atoms with Crippen LogP contribution in [0.3, 0.4) is 0 Å². The van der Waals surface area contributed by atoms with Crippen LogP contribution in [-0.4, -0.2) is 25.9 Å². The van der Waals surface area contributed by atoms with Crippen LogP contribution in [0.5, 0.6) is 5.75 Å². The summed E-state index contributed by atoms with van der Waals surface area (Å²) < 4.78 is 43.0. The minimum absolute atomic E-state index is 0.314. The van der Waals surface area contributed by atoms with Gasteiger partial charge in [-0.05, 0) is 19.4 Å². The lowest BCUT2D eigenvalue weighted by Gasteiger charge is -2.26. The Morgan fingerprint density at radius 1 is 1.21 bits per heavy atom. The molecule has 0 saturated heterocycles. The minimum atomic E-state index is -4.24. The number of ether oxygens (including phenoxy) is 1. The van der Waals surface area contributed by atoms with Gasteiger partial charge in [0.05, 0.1) is 6.61 Å². The van der Waals surface area contributed by atoms with Crippen LogP contribution in [0.15, 0.2) is 18.2 Å². The highest BCUT2D eigenvalue weighted by Gasteiger charge is 2.30. The zero-order valence-corrected chi connectivity index (χ0v) is 11.1. The zero-order chi connectivity index (χ0) is 14.5. The molecular weight excluding hydrogens is 257 g/mol. The van der Waals surface area contributed by atoms with Crippen molar-refractivity contribution in [3.63, 3.8) is 0 Å². The molecule has 0 spiro atoms. The van der Waals surface area contributed by atoms with Crippen LogP contribution < -0.4 is 15.4 Å². The molecule has 1 rings (SSSR count). The minimum Gasteiger partial charge on any atom is -0.494 e. The number of hydrogen-bond donors (Lipinski definition) is 1. The third-order valence-electron chi connectivity index (χ3n) is 2.45. The van der Waals surface area contributed by atoms with Crippen molar-refractivity contribution in [1.82, 2.24) is 0 Å². The van der Waals surface area contributed by atoms with E-state index in [1.165, 1.54) is 11.0 Å². The van der Waals surface area contributed by atoms with Crippen LogP contribution in [0.2, 0.25) is 0 Å². The third-order valence-corrected chi connectivity index (χ3v) is 2.45. The molecule has 0 atom stereocenters. The van der Waals surface area contributed by atoms with Crippen LogP contribution >= 0.6 is 0 Å². The van der Waals surface area contributed by atoms with Crippen LogP contribution in [0.4, 0.5) is 24.5 Å². The maximum Gasteiger partial charge on any atom is 0.405 e. The highest BCUT2D eigenvalue weighted by atomic mass is 19.4. The normalized spacial score (nSPS) is 11.4. The number of halogens is 3. The number of benzene rings is 1. The molecule has 3 nitrogen and oxygen atoms in total. The fourth-order valence-electron chi connectivity index (χ4n) is 1.82. The molecular formula is C13H19F3N2O. The summed E-state index contributed by atoms with van der Waals surface area (Å²) in [5, 5.41) is 0. The van der Waals surface area contributed by atoms with Crippen molar-refractivity contribution in [2.45, 2.75) is 26.4 Å². The molecule has 0 aliphatic heterocycles. The van der Waals surface area contributed by atoms with E-state index in [1.54, 1.807) is 12.1 Å². The molecule has 1 aromatic carbocycles. The first-order valence-electron chi connectivity index (χ1n) is 6.20. The fourth-order valence-corrected chi connectivity index (χ4v) is 1.82. The monoisotopic (exact) mass is 276 g/mol. The third kappa shape index (κ3) is 5.28. The Labute approximate surface area is 111 Å². The van der Waals surface area contributed by atoms with E-state index in [0.717, 1.165) is 0 Å². The average Bonchev–Trinajstić information content (AvgIpc) is 2.26. The lowest BCUT2D eigenvalue weighted by molar-refractivity contribution is -0.119. The second kappa shape index (κ2) is 6.54. The van der Waals surface area contributed by atoms with E-state index >= 15 is 0 Å². The quantitative estimate of drug-likeness (QED) is 0.809. The Bertz CT molecular complexity index is 407. The van der Waals surface area contributed by atoms with Gasteiger partial charge in [0.1, 0.15) is 12.3 Å². The van der Waals surface area contributed by atoms with Crippen molar-refractivity contribution in [3.05, 3.63) is 18.2 Å². The smallest absolute Gasteiger partial charge is 0.405 e. The molecule has 0 heterocycles. The van der Waals surface area contributed by atoms with Gasteiger partial charge in [0.15, 0.2) is 0 Å². The van der Waals surface area contributed by atoms with Crippen molar-refractivity contribution in [3.8, 4) is 5.75 Å². The molecule has 2 N–H and O–H groups in total. The molecule has 108 valence electrons. The highest BCUT2D eigenvalue weighted by molar-refractivity contribution is 5.60. The summed E-state index contributed by atoms with van der Waals surface area (Å²) in [4.78, 5) is 1.26. The SMILES string of the molecule is CCCN(CC(F)(F)F)c1cc(N)cc(OCC)c1. The predicted molar refractivity (Wildman–Crippen MR) is 70.6 cm³/mol. The molecule has 0 aliphatic rings. The number of anilines is 2. The Hall–Kier alpha value is -1.59. The van der Waals surface area contributed by atoms with E-state index in [4.69, 9.17) is 10.5 Å². The summed E-state index contributed by atoms with van der Waals surface area (Å²) in [5.74, 6) is 0.487. The van der Waals surface area contributed by atoms with E-state index < -0.39 is 12.7 Å². The van der Waals surface area contributed by atoms with Crippen molar-refractivity contribution >= 4 is 11.4 Å². The van der Waals surface area contributed by atoms with Crippen LogP contribution in [-0.2, 0) is 0 Å². The molecule has 0 aliphatic carbocycles. The van der Waals surface area contributed by atoms with Gasteiger partial charge in [-0.15, -0.1) is 0 Å². The van der Waals surface area contributed by atoms with Crippen LogP contribution in [0.25, 0.3) is 0 Å². The first-order chi connectivity index (χ1) is 8.85. The largest absolute Gasteiger partial charge is 0.494 e. The van der Waals surface area contributed by atoms with Gasteiger partial charge in [0, 0.05) is 30.1 Å². The van der Waals surface area contributed by atoms with Gasteiger partial charge in [-0.25, -0.2) is 0 Å². The van der Waals surface area contributed by atoms with E-state index in [9.17, 15) is 13.2 Å². The highest BCUT2D eigenvalue weighted by Crippen LogP contribution is 2.28. The predicted octanol–water partition coefficient (Wildman–Crippen LogP) is 3.45. The van der Waals surface area contributed by atoms with Crippen molar-refractivity contribution in [2.75, 3.05) is 30.3 Å². The Morgan fingerprint density at radius 3 is 2.42 bits per heavy atom. The first kappa shape index (κ1) is 15.5. The fraction of sp³-hybridized carbons (Fsp3) is 0.538. The maximum atomic E-state index is 12.6. The van der Waals surface area contributed by atoms with Crippen molar-refractivity contribution in [2.24, 2.45) is 0 Å². The van der Waals surface area contributed by atoms with E-state index in [-0.39, 0.29) is 0 Å². The molecule has 0 aromatic heterocycles. The molecule has 0 fully saturated rings. The van der Waals surface area contributed by atoms with Gasteiger partial charge in [-0.1, -0.05) is 6.92 Å². The zero-order valence-electron chi connectivity index (χ0n) is 11.1. The van der Waals surface area contributed by atoms with Crippen LogP contribution in [0.1, 0.15) is 20.3 Å². The number of nitrogens with zero attached hydrogens (tertiary/aromatic N) is 1. The topological polar surface area (TPSA) is 38.5 Å². The second-order valence-electron chi connectivity index (χ2n) is 4.23. The standard InChI is InChI=1S/C13H19F3N2O/c1-3-5-18(9-13(14,15)16)11-6-10(17)7-12(8-11)19-4-2/h6-8H,3-5,9,17H2,1-2H3. The van der Waals surface area contributed by atoms with Crippen LogP contribution in [0, 0.1) is 0 Å². The van der Waals surface area contributed by atoms with Crippen molar-refractivity contribution < 1.29 is 17.9 Å². The van der Waals surface area contributed by atoms with Crippen molar-refractivity contribution in [1.29, 1.82) is 0 Å². The Morgan fingerprint density at radius 2 is 1.89 bits per heavy atom. The number of nitrogens with two attached hydrogens (primary N) is 1. The van der Waals surface area contributed by atoms with Gasteiger partial charge in [0.25, 0.3) is 0 Å². The molecule has 1 aromatic rings. The molecule has 0 radical (unpaired) electrons. The van der Waals surface area contributed by atoms with E-state index in [2.05, 4.69) is 0 Å². The average molecular weight is 276 g/mol. The summed E-state index contributed by atoms with van der Waals surface area (Å²) in [6.45, 7) is 3.40. The Balaban J connectivity index is 3.00. The summed E-state index contributed by atoms with van der Waals surface area (Å²) >= 11 is 0. The van der Waals surface area contributed by atoms with Gasteiger partial charge in [-0.2, -0.15) is 13.2 Å². The molecule has 0 bridgehead atoms. The summed E-state index contributed by atoms with van der Waals surface area (Å²) in [5.41, 5.74) is 6.53. The summed E-state index contributed by atoms with van der Waals surface area (Å²) in [7, 11) is 0. The van der Waals surface area contributed by atoms with Gasteiger partial charge in [0.2, 0.25) is 0 Å². The van der Waals surface area contributed by atoms with Gasteiger partial charge >= 0.3 is 6.18 Å². The number of nitrogen functional groups attached to an aromatic ring is 1. The molecule has 0 amide bonds. The van der Waals surface area contributed by atoms with E-state index in [1.807, 2.05) is 13.8 Å². The van der Waals surface area contributed by atoms with Gasteiger partial charge in [-0.3, -0.25) is 0 Å². The lowest BCUT2D eigenvalue weighted by atomic mass is 10.2. The number of alkyl halides is 3. The molecule has 6 heteroatoms. The van der Waals surface area contributed by atoms with Gasteiger partial charge < -0.3 is 15.4 Å². The number of hydrogen-bond acceptors (Lipinski definition) is 3. The molecule has 19 heavy (non-hydrogen) atoms. The first-order valence-corrected chi connectivity index (χ1v) is 6.20.